The second kappa shape index (κ2) is 9.64. The molecule has 1 spiro atoms. The van der Waals surface area contributed by atoms with E-state index in [4.69, 9.17) is 9.57 Å². The average Bonchev–Trinajstić information content (AvgIpc) is 3.54. The maximum atomic E-state index is 14.6. The quantitative estimate of drug-likeness (QED) is 0.455. The number of allylic oxidation sites excluding steroid dienone is 1. The molecule has 1 fully saturated rings. The van der Waals surface area contributed by atoms with Gasteiger partial charge >= 0.3 is 0 Å². The van der Waals surface area contributed by atoms with Crippen LogP contribution in [-0.2, 0) is 11.0 Å². The van der Waals surface area contributed by atoms with E-state index in [9.17, 15) is 17.4 Å². The molecule has 0 saturated heterocycles. The Morgan fingerprint density at radius 3 is 2.55 bits per heavy atom. The summed E-state index contributed by atoms with van der Waals surface area (Å²) in [6, 6.07) is 5.18. The van der Waals surface area contributed by atoms with Crippen LogP contribution in [0.25, 0.3) is 0 Å². The van der Waals surface area contributed by atoms with Crippen molar-refractivity contribution in [1.29, 1.82) is 0 Å². The van der Waals surface area contributed by atoms with E-state index in [1.165, 1.54) is 12.1 Å². The minimum absolute atomic E-state index is 0.0548. The number of anilines is 2. The molecule has 4 rings (SSSR count). The molecule has 0 amide bonds. The Morgan fingerprint density at radius 2 is 1.87 bits per heavy atom. The van der Waals surface area contributed by atoms with Gasteiger partial charge in [-0.1, -0.05) is 32.1 Å². The van der Waals surface area contributed by atoms with Gasteiger partial charge in [0.1, 0.15) is 34.8 Å². The van der Waals surface area contributed by atoms with Crippen LogP contribution in [0.15, 0.2) is 36.4 Å². The number of benzene rings is 2. The van der Waals surface area contributed by atoms with E-state index < -0.39 is 38.9 Å². The number of fused-ring (bicyclic) bond motifs is 1. The van der Waals surface area contributed by atoms with Gasteiger partial charge in [0, 0.05) is 6.07 Å². The number of halogens is 3. The van der Waals surface area contributed by atoms with E-state index in [2.05, 4.69) is 10.2 Å². The predicted octanol–water partition coefficient (Wildman–Crippen LogP) is 5.79. The molecule has 1 saturated carbocycles. The highest BCUT2D eigenvalue weighted by atomic mass is 32.2. The molecule has 2 N–H and O–H groups in total. The van der Waals surface area contributed by atoms with Crippen molar-refractivity contribution in [3.63, 3.8) is 0 Å². The maximum absolute atomic E-state index is 14.6. The van der Waals surface area contributed by atoms with Crippen molar-refractivity contribution in [2.24, 2.45) is 0 Å². The fourth-order valence-electron chi connectivity index (χ4n) is 3.01. The van der Waals surface area contributed by atoms with Gasteiger partial charge in [0.2, 0.25) is 11.6 Å². The predicted molar refractivity (Wildman–Crippen MR) is 116 cm³/mol. The van der Waals surface area contributed by atoms with Crippen LogP contribution in [0, 0.1) is 24.4 Å². The second-order valence-electron chi connectivity index (χ2n) is 7.10. The molecule has 1 aliphatic carbocycles. The molecule has 1 heterocycles. The largest absolute Gasteiger partial charge is 0.487 e. The Morgan fingerprint density at radius 1 is 1.13 bits per heavy atom. The van der Waals surface area contributed by atoms with Crippen LogP contribution >= 0.6 is 0 Å². The minimum Gasteiger partial charge on any atom is -0.487 e. The summed E-state index contributed by atoms with van der Waals surface area (Å²) in [6.07, 6.45) is 5.70. The highest BCUT2D eigenvalue weighted by molar-refractivity contribution is 7.88. The van der Waals surface area contributed by atoms with Crippen molar-refractivity contribution in [2.75, 3.05) is 16.8 Å². The zero-order chi connectivity index (χ0) is 22.6. The lowest BCUT2D eigenvalue weighted by Crippen LogP contribution is -2.24. The van der Waals surface area contributed by atoms with Crippen LogP contribution in [0.4, 0.5) is 24.5 Å². The molecule has 2 aromatic rings. The van der Waals surface area contributed by atoms with Crippen LogP contribution in [0.5, 0.6) is 11.5 Å². The molecule has 1 unspecified atom stereocenters. The van der Waals surface area contributed by atoms with Gasteiger partial charge in [0.25, 0.3) is 0 Å². The Hall–Kier alpha value is -2.68. The third-order valence-electron chi connectivity index (χ3n) is 4.92. The lowest BCUT2D eigenvalue weighted by Gasteiger charge is -2.21. The normalized spacial score (nSPS) is 19.6. The number of aryl methyl sites for hydroxylation is 1. The third-order valence-corrected chi connectivity index (χ3v) is 6.67. The number of rotatable bonds is 3. The van der Waals surface area contributed by atoms with Gasteiger partial charge in [0.05, 0.1) is 4.75 Å². The number of nitrogens with one attached hydrogen (secondary N) is 2. The maximum Gasteiger partial charge on any atom is 0.221 e. The summed E-state index contributed by atoms with van der Waals surface area (Å²) >= 11 is 0. The van der Waals surface area contributed by atoms with Crippen LogP contribution in [-0.4, -0.2) is 15.6 Å². The molecule has 168 valence electrons. The molecule has 5 nitrogen and oxygen atoms in total. The molecule has 9 heteroatoms. The van der Waals surface area contributed by atoms with Gasteiger partial charge in [-0.05, 0) is 43.9 Å². The van der Waals surface area contributed by atoms with Crippen LogP contribution in [0.3, 0.4) is 0 Å². The van der Waals surface area contributed by atoms with E-state index in [1.54, 1.807) is 19.1 Å². The average molecular weight is 455 g/mol. The fraction of sp³-hybridized carbons (Fsp3) is 0.364. The molecule has 2 aromatic carbocycles. The van der Waals surface area contributed by atoms with Crippen LogP contribution < -0.4 is 19.8 Å². The molecule has 1 atom stereocenters. The summed E-state index contributed by atoms with van der Waals surface area (Å²) in [6.45, 7) is 5.84. The first-order valence-corrected chi connectivity index (χ1v) is 11.2. The van der Waals surface area contributed by atoms with Crippen molar-refractivity contribution in [3.05, 3.63) is 59.4 Å². The van der Waals surface area contributed by atoms with E-state index in [0.717, 1.165) is 18.9 Å². The molecular weight excluding hydrogens is 429 g/mol. The van der Waals surface area contributed by atoms with E-state index in [-0.39, 0.29) is 23.7 Å². The molecule has 31 heavy (non-hydrogen) atoms. The van der Waals surface area contributed by atoms with Gasteiger partial charge in [-0.3, -0.25) is 4.72 Å². The first kappa shape index (κ1) is 23.0. The topological polar surface area (TPSA) is 59.6 Å². The second-order valence-corrected chi connectivity index (χ2v) is 8.71. The van der Waals surface area contributed by atoms with Gasteiger partial charge in [0.15, 0.2) is 11.6 Å². The molecule has 0 radical (unpaired) electrons. The van der Waals surface area contributed by atoms with E-state index in [0.29, 0.717) is 12.0 Å². The number of ether oxygens (including phenoxy) is 1. The number of hydrogen-bond donors (Lipinski definition) is 2. The lowest BCUT2D eigenvalue weighted by atomic mass is 10.2. The summed E-state index contributed by atoms with van der Waals surface area (Å²) in [5.74, 6) is -3.78. The molecule has 2 aliphatic rings. The summed E-state index contributed by atoms with van der Waals surface area (Å²) in [4.78, 5) is 5.23. The van der Waals surface area contributed by atoms with Crippen molar-refractivity contribution in [1.82, 2.24) is 0 Å². The Balaban J connectivity index is 0.00000132. The van der Waals surface area contributed by atoms with Gasteiger partial charge in [-0.2, -0.15) is 4.39 Å². The Bertz CT molecular complexity index is 1010. The zero-order valence-corrected chi connectivity index (χ0v) is 18.4. The zero-order valence-electron chi connectivity index (χ0n) is 17.6. The molecular formula is C22H25F3N2O3S. The van der Waals surface area contributed by atoms with Crippen molar-refractivity contribution in [2.45, 2.75) is 44.8 Å². The highest BCUT2D eigenvalue weighted by Gasteiger charge is 2.48. The Labute approximate surface area is 182 Å². The monoisotopic (exact) mass is 454 g/mol. The summed E-state index contributed by atoms with van der Waals surface area (Å²) < 4.78 is 63.4. The van der Waals surface area contributed by atoms with Crippen LogP contribution in [0.2, 0.25) is 0 Å². The van der Waals surface area contributed by atoms with E-state index in [1.807, 2.05) is 19.9 Å². The summed E-state index contributed by atoms with van der Waals surface area (Å²) in [7, 11) is -1.58. The van der Waals surface area contributed by atoms with E-state index >= 15 is 0 Å². The van der Waals surface area contributed by atoms with Gasteiger partial charge in [-0.15, -0.1) is 0 Å². The Kier molecular flexibility index (Phi) is 7.15. The summed E-state index contributed by atoms with van der Waals surface area (Å²) in [5, 5.41) is 0. The third kappa shape index (κ3) is 4.98. The molecule has 0 aromatic heterocycles. The van der Waals surface area contributed by atoms with Gasteiger partial charge < -0.3 is 9.57 Å². The fourth-order valence-corrected chi connectivity index (χ4v) is 4.32. The number of hydrogen-bond acceptors (Lipinski definition) is 4. The SMILES string of the molecule is CC.Cc1ccc(NOc2c(F)c(F)cc3c2NS(=O)C2(C/C=C\CO3)CC2)c(F)c1. The van der Waals surface area contributed by atoms with Crippen molar-refractivity contribution >= 4 is 22.4 Å². The molecule has 1 aliphatic heterocycles. The lowest BCUT2D eigenvalue weighted by molar-refractivity contribution is 0.340. The van der Waals surface area contributed by atoms with Crippen molar-refractivity contribution in [3.8, 4) is 11.5 Å². The highest BCUT2D eigenvalue weighted by Crippen LogP contribution is 2.48. The van der Waals surface area contributed by atoms with Gasteiger partial charge in [-0.25, -0.2) is 18.5 Å². The minimum atomic E-state index is -1.58. The smallest absolute Gasteiger partial charge is 0.221 e. The summed E-state index contributed by atoms with van der Waals surface area (Å²) in [5.41, 5.74) is 2.84. The molecule has 0 bridgehead atoms. The first-order valence-electron chi connectivity index (χ1n) is 10.1. The first-order chi connectivity index (χ1) is 14.9. The van der Waals surface area contributed by atoms with Crippen molar-refractivity contribution < 1.29 is 27.0 Å². The standard InChI is InChI=1S/C20H19F3N2O3S.C2H6/c1-12-4-5-15(13(21)10-12)24-28-19-17(23)14(22)11-16-18(19)25-29(26)20(7-8-20)6-2-3-9-27-16;1-2/h2-5,10-11,24-25H,6-9H2,1H3;1-2H3/b3-2-;. The van der Waals surface area contributed by atoms with Crippen LogP contribution in [0.1, 0.15) is 38.7 Å².